The van der Waals surface area contributed by atoms with Crippen molar-refractivity contribution in [3.8, 4) is 0 Å². The van der Waals surface area contributed by atoms with Gasteiger partial charge in [0.2, 0.25) is 0 Å². The van der Waals surface area contributed by atoms with Crippen molar-refractivity contribution in [2.45, 2.75) is 25.1 Å². The van der Waals surface area contributed by atoms with Crippen LogP contribution >= 0.6 is 0 Å². The number of hydrogen-bond acceptors (Lipinski definition) is 4. The van der Waals surface area contributed by atoms with Crippen LogP contribution in [-0.4, -0.2) is 31.4 Å². The van der Waals surface area contributed by atoms with Crippen LogP contribution in [-0.2, 0) is 10.1 Å². The van der Waals surface area contributed by atoms with Gasteiger partial charge >= 0.3 is 0 Å². The van der Waals surface area contributed by atoms with E-state index in [1.807, 2.05) is 6.92 Å². The van der Waals surface area contributed by atoms with Gasteiger partial charge in [-0.3, -0.25) is 9.87 Å². The molecule has 0 saturated heterocycles. The number of nitrogens with one attached hydrogen (secondary N) is 1. The van der Waals surface area contributed by atoms with Crippen LogP contribution in [0.2, 0.25) is 0 Å². The smallest absolute Gasteiger partial charge is 0.281 e. The van der Waals surface area contributed by atoms with Gasteiger partial charge in [0, 0.05) is 13.1 Å². The van der Waals surface area contributed by atoms with Gasteiger partial charge in [-0.25, -0.2) is 0 Å². The molecule has 5 nitrogen and oxygen atoms in total. The van der Waals surface area contributed by atoms with E-state index in [9.17, 15) is 8.42 Å². The first-order valence-electron chi connectivity index (χ1n) is 3.92. The quantitative estimate of drug-likeness (QED) is 0.500. The molecule has 12 heavy (non-hydrogen) atoms. The zero-order valence-corrected chi connectivity index (χ0v) is 7.97. The molecule has 0 heterocycles. The van der Waals surface area contributed by atoms with Gasteiger partial charge in [-0.2, -0.15) is 8.42 Å². The summed E-state index contributed by atoms with van der Waals surface area (Å²) in [4.78, 5) is 0. The minimum atomic E-state index is -3.97. The third-order valence-corrected chi connectivity index (χ3v) is 2.55. The molecule has 0 bridgehead atoms. The van der Waals surface area contributed by atoms with E-state index < -0.39 is 15.5 Å². The van der Waals surface area contributed by atoms with E-state index in [1.165, 1.54) is 0 Å². The summed E-state index contributed by atoms with van der Waals surface area (Å²) in [6, 6.07) is 0. The van der Waals surface area contributed by atoms with Crippen molar-refractivity contribution in [3.63, 3.8) is 0 Å². The molecule has 0 amide bonds. The highest BCUT2D eigenvalue weighted by Gasteiger charge is 2.20. The summed E-state index contributed by atoms with van der Waals surface area (Å²) in [5.74, 6) is 0. The summed E-state index contributed by atoms with van der Waals surface area (Å²) in [6.07, 6.45) is 1.10. The molecule has 0 aromatic carbocycles. The first kappa shape index (κ1) is 11.8. The predicted molar refractivity (Wildman–Crippen MR) is 47.3 cm³/mol. The Morgan fingerprint density at radius 3 is 2.50 bits per heavy atom. The first-order valence-corrected chi connectivity index (χ1v) is 5.42. The lowest BCUT2D eigenvalue weighted by Gasteiger charge is -2.13. The Kier molecular flexibility index (Phi) is 5.39. The van der Waals surface area contributed by atoms with E-state index in [2.05, 4.69) is 5.32 Å². The SMILES string of the molecule is CCCC(NCCN)S(=O)(=O)O. The molecule has 0 aliphatic heterocycles. The standard InChI is InChI=1S/C6H16N2O3S/c1-2-3-6(8-5-4-7)12(9,10)11/h6,8H,2-5,7H2,1H3,(H,9,10,11). The maximum Gasteiger partial charge on any atom is 0.281 e. The Labute approximate surface area is 73.1 Å². The molecule has 0 fully saturated rings. The van der Waals surface area contributed by atoms with Crippen LogP contribution in [0.15, 0.2) is 0 Å². The molecule has 0 aromatic rings. The summed E-state index contributed by atoms with van der Waals surface area (Å²) in [6.45, 7) is 2.60. The van der Waals surface area contributed by atoms with Crippen molar-refractivity contribution >= 4 is 10.1 Å². The van der Waals surface area contributed by atoms with Gasteiger partial charge in [0.1, 0.15) is 5.37 Å². The third kappa shape index (κ3) is 4.66. The van der Waals surface area contributed by atoms with E-state index in [1.54, 1.807) is 0 Å². The monoisotopic (exact) mass is 196 g/mol. The molecular weight excluding hydrogens is 180 g/mol. The molecule has 1 unspecified atom stereocenters. The molecule has 0 saturated carbocycles. The molecular formula is C6H16N2O3S. The first-order chi connectivity index (χ1) is 5.52. The van der Waals surface area contributed by atoms with Crippen LogP contribution in [0.3, 0.4) is 0 Å². The van der Waals surface area contributed by atoms with Crippen LogP contribution in [0.4, 0.5) is 0 Å². The van der Waals surface area contributed by atoms with E-state index in [0.717, 1.165) is 0 Å². The van der Waals surface area contributed by atoms with Gasteiger partial charge < -0.3 is 5.73 Å². The summed E-state index contributed by atoms with van der Waals surface area (Å²) in [7, 11) is -3.97. The van der Waals surface area contributed by atoms with Crippen molar-refractivity contribution in [3.05, 3.63) is 0 Å². The van der Waals surface area contributed by atoms with Crippen LogP contribution in [0.1, 0.15) is 19.8 Å². The predicted octanol–water partition coefficient (Wildman–Crippen LogP) is -0.451. The number of nitrogens with two attached hydrogens (primary N) is 1. The van der Waals surface area contributed by atoms with E-state index >= 15 is 0 Å². The Morgan fingerprint density at radius 1 is 1.58 bits per heavy atom. The fourth-order valence-electron chi connectivity index (χ4n) is 0.863. The van der Waals surface area contributed by atoms with Gasteiger partial charge in [0.15, 0.2) is 0 Å². The maximum absolute atomic E-state index is 10.7. The lowest BCUT2D eigenvalue weighted by Crippen LogP contribution is -2.39. The van der Waals surface area contributed by atoms with Crippen LogP contribution in [0.5, 0.6) is 0 Å². The van der Waals surface area contributed by atoms with Crippen LogP contribution < -0.4 is 11.1 Å². The molecule has 0 aliphatic carbocycles. The second kappa shape index (κ2) is 5.47. The molecule has 0 aliphatic rings. The lowest BCUT2D eigenvalue weighted by molar-refractivity contribution is 0.441. The normalized spacial score (nSPS) is 14.6. The highest BCUT2D eigenvalue weighted by molar-refractivity contribution is 7.86. The van der Waals surface area contributed by atoms with Gasteiger partial charge in [-0.15, -0.1) is 0 Å². The summed E-state index contributed by atoms with van der Waals surface area (Å²) in [5, 5.41) is 1.78. The van der Waals surface area contributed by atoms with Crippen molar-refractivity contribution in [1.82, 2.24) is 5.32 Å². The molecule has 4 N–H and O–H groups in total. The Bertz CT molecular complexity index is 203. The highest BCUT2D eigenvalue weighted by Crippen LogP contribution is 2.02. The zero-order valence-electron chi connectivity index (χ0n) is 7.16. The Morgan fingerprint density at radius 2 is 2.17 bits per heavy atom. The maximum atomic E-state index is 10.7. The van der Waals surface area contributed by atoms with Crippen molar-refractivity contribution in [1.29, 1.82) is 0 Å². The fourth-order valence-corrected chi connectivity index (χ4v) is 1.72. The van der Waals surface area contributed by atoms with E-state index in [0.29, 0.717) is 25.9 Å². The van der Waals surface area contributed by atoms with Crippen LogP contribution in [0, 0.1) is 0 Å². The summed E-state index contributed by atoms with van der Waals surface area (Å²) >= 11 is 0. The van der Waals surface area contributed by atoms with Crippen molar-refractivity contribution in [2.75, 3.05) is 13.1 Å². The average molecular weight is 196 g/mol. The molecule has 1 atom stereocenters. The number of hydrogen-bond donors (Lipinski definition) is 3. The molecule has 0 rings (SSSR count). The molecule has 0 aromatic heterocycles. The van der Waals surface area contributed by atoms with E-state index in [-0.39, 0.29) is 0 Å². The van der Waals surface area contributed by atoms with Gasteiger partial charge in [0.05, 0.1) is 0 Å². The third-order valence-electron chi connectivity index (χ3n) is 1.43. The second-order valence-corrected chi connectivity index (χ2v) is 4.13. The average Bonchev–Trinajstić information content (AvgIpc) is 1.95. The summed E-state index contributed by atoms with van der Waals surface area (Å²) in [5.41, 5.74) is 5.18. The topological polar surface area (TPSA) is 92.4 Å². The van der Waals surface area contributed by atoms with E-state index in [4.69, 9.17) is 10.3 Å². The molecule has 6 heteroatoms. The van der Waals surface area contributed by atoms with Crippen molar-refractivity contribution < 1.29 is 13.0 Å². The Balaban J connectivity index is 4.05. The molecule has 0 spiro atoms. The lowest BCUT2D eigenvalue weighted by atomic mass is 10.3. The van der Waals surface area contributed by atoms with Gasteiger partial charge in [-0.05, 0) is 6.42 Å². The fraction of sp³-hybridized carbons (Fsp3) is 1.00. The largest absolute Gasteiger partial charge is 0.329 e. The summed E-state index contributed by atoms with van der Waals surface area (Å²) < 4.78 is 30.1. The highest BCUT2D eigenvalue weighted by atomic mass is 32.2. The number of rotatable bonds is 6. The minimum Gasteiger partial charge on any atom is -0.329 e. The molecule has 0 radical (unpaired) electrons. The second-order valence-electron chi connectivity index (χ2n) is 2.54. The Hall–Kier alpha value is -0.170. The van der Waals surface area contributed by atoms with Gasteiger partial charge in [0.25, 0.3) is 10.1 Å². The zero-order chi connectivity index (χ0) is 9.61. The van der Waals surface area contributed by atoms with Crippen molar-refractivity contribution in [2.24, 2.45) is 5.73 Å². The minimum absolute atomic E-state index is 0.357. The van der Waals surface area contributed by atoms with Crippen LogP contribution in [0.25, 0.3) is 0 Å². The van der Waals surface area contributed by atoms with Gasteiger partial charge in [-0.1, -0.05) is 13.3 Å². The molecule has 74 valence electrons.